The Balaban J connectivity index is 2.74. The van der Waals surface area contributed by atoms with Gasteiger partial charge in [0.05, 0.1) is 0 Å². The molecular formula is C16H21NO4. The smallest absolute Gasteiger partial charge is 0.408 e. The lowest BCUT2D eigenvalue weighted by Gasteiger charge is -2.15. The fourth-order valence-electron chi connectivity index (χ4n) is 1.83. The molecule has 1 rings (SSSR count). The number of ether oxygens (including phenoxy) is 1. The zero-order chi connectivity index (χ0) is 15.8. The van der Waals surface area contributed by atoms with Crippen molar-refractivity contribution in [1.82, 2.24) is 5.32 Å². The number of carboxylic acids is 1. The maximum absolute atomic E-state index is 11.4. The van der Waals surface area contributed by atoms with E-state index in [9.17, 15) is 14.7 Å². The number of hydrogen-bond donors (Lipinski definition) is 2. The summed E-state index contributed by atoms with van der Waals surface area (Å²) in [5.74, 6) is -0.737. The van der Waals surface area contributed by atoms with Gasteiger partial charge >= 0.3 is 12.1 Å². The molecule has 21 heavy (non-hydrogen) atoms. The summed E-state index contributed by atoms with van der Waals surface area (Å²) < 4.78 is 4.74. The minimum absolute atomic E-state index is 0.0427. The Bertz CT molecular complexity index is 511. The molecule has 0 fully saturated rings. The summed E-state index contributed by atoms with van der Waals surface area (Å²) in [5, 5.41) is 11.5. The van der Waals surface area contributed by atoms with Crippen molar-refractivity contribution in [3.8, 4) is 0 Å². The molecule has 0 spiro atoms. The van der Waals surface area contributed by atoms with Crippen molar-refractivity contribution < 1.29 is 19.4 Å². The van der Waals surface area contributed by atoms with E-state index in [-0.39, 0.29) is 13.0 Å². The molecule has 5 heteroatoms. The number of benzene rings is 1. The maximum atomic E-state index is 11.4. The quantitative estimate of drug-likeness (QED) is 0.757. The zero-order valence-corrected chi connectivity index (χ0v) is 12.3. The van der Waals surface area contributed by atoms with Crippen molar-refractivity contribution in [3.05, 3.63) is 48.0 Å². The molecule has 2 N–H and O–H groups in total. The first-order chi connectivity index (χ1) is 9.93. The molecule has 1 atom stereocenters. The van der Waals surface area contributed by atoms with Gasteiger partial charge in [0.25, 0.3) is 0 Å². The molecule has 1 amide bonds. The van der Waals surface area contributed by atoms with Gasteiger partial charge in [-0.1, -0.05) is 50.8 Å². The predicted octanol–water partition coefficient (Wildman–Crippen LogP) is 2.72. The van der Waals surface area contributed by atoms with E-state index in [1.54, 1.807) is 0 Å². The van der Waals surface area contributed by atoms with Gasteiger partial charge in [-0.3, -0.25) is 0 Å². The van der Waals surface area contributed by atoms with Crippen molar-refractivity contribution in [1.29, 1.82) is 0 Å². The first kappa shape index (κ1) is 16.8. The summed E-state index contributed by atoms with van der Waals surface area (Å²) in [5.41, 5.74) is 1.99. The minimum Gasteiger partial charge on any atom is -0.480 e. The number of alkyl carbamates (subject to hydrolysis) is 1. The number of amides is 1. The van der Waals surface area contributed by atoms with E-state index in [1.165, 1.54) is 6.08 Å². The second-order valence-electron chi connectivity index (χ2n) is 5.03. The molecule has 0 radical (unpaired) electrons. The van der Waals surface area contributed by atoms with Gasteiger partial charge in [-0.2, -0.15) is 0 Å². The van der Waals surface area contributed by atoms with Crippen LogP contribution in [0.15, 0.2) is 36.9 Å². The molecule has 0 aromatic heterocycles. The van der Waals surface area contributed by atoms with Crippen LogP contribution in [0.1, 0.15) is 30.9 Å². The second-order valence-corrected chi connectivity index (χ2v) is 5.03. The van der Waals surface area contributed by atoms with Crippen LogP contribution >= 0.6 is 0 Å². The van der Waals surface area contributed by atoms with E-state index in [2.05, 4.69) is 25.7 Å². The standard InChI is InChI=1S/C16H21NO4/c1-4-8-21-16(20)17-14(15(18)19)10-12-6-5-7-13(9-12)11(2)3/h4-7,9,11,14H,1,8,10H2,2-3H3,(H,17,20)(H,18,19). The van der Waals surface area contributed by atoms with Crippen molar-refractivity contribution >= 4 is 12.1 Å². The number of rotatable bonds is 7. The Hall–Kier alpha value is -2.30. The average molecular weight is 291 g/mol. The van der Waals surface area contributed by atoms with Crippen LogP contribution in [0.25, 0.3) is 0 Å². The fraction of sp³-hybridized carbons (Fsp3) is 0.375. The number of carbonyl (C=O) groups is 2. The molecule has 0 saturated carbocycles. The lowest BCUT2D eigenvalue weighted by atomic mass is 9.98. The Kier molecular flexibility index (Phi) is 6.46. The fourth-order valence-corrected chi connectivity index (χ4v) is 1.83. The molecule has 1 unspecified atom stereocenters. The molecule has 0 bridgehead atoms. The van der Waals surface area contributed by atoms with E-state index >= 15 is 0 Å². The third-order valence-electron chi connectivity index (χ3n) is 2.98. The first-order valence-corrected chi connectivity index (χ1v) is 6.80. The third kappa shape index (κ3) is 5.69. The summed E-state index contributed by atoms with van der Waals surface area (Å²) in [6.07, 6.45) is 0.864. The SMILES string of the molecule is C=CCOC(=O)NC(Cc1cccc(C(C)C)c1)C(=O)O. The number of aliphatic carboxylic acids is 1. The molecule has 0 saturated heterocycles. The van der Waals surface area contributed by atoms with Gasteiger partial charge < -0.3 is 15.2 Å². The monoisotopic (exact) mass is 291 g/mol. The summed E-state index contributed by atoms with van der Waals surface area (Å²) in [4.78, 5) is 22.7. The highest BCUT2D eigenvalue weighted by atomic mass is 16.5. The number of carbonyl (C=O) groups excluding carboxylic acids is 1. The van der Waals surface area contributed by atoms with Crippen LogP contribution in [0, 0.1) is 0 Å². The number of nitrogens with one attached hydrogen (secondary N) is 1. The summed E-state index contributed by atoms with van der Waals surface area (Å²) in [6.45, 7) is 7.60. The van der Waals surface area contributed by atoms with Gasteiger partial charge in [-0.25, -0.2) is 9.59 Å². The minimum atomic E-state index is -1.10. The van der Waals surface area contributed by atoms with Crippen LogP contribution in [0.4, 0.5) is 4.79 Å². The second kappa shape index (κ2) is 8.09. The largest absolute Gasteiger partial charge is 0.480 e. The molecule has 0 aliphatic carbocycles. The number of carboxylic acid groups (broad SMARTS) is 1. The van der Waals surface area contributed by atoms with Crippen LogP contribution in [0.5, 0.6) is 0 Å². The zero-order valence-electron chi connectivity index (χ0n) is 12.3. The highest BCUT2D eigenvalue weighted by molar-refractivity contribution is 5.80. The molecule has 0 heterocycles. The average Bonchev–Trinajstić information content (AvgIpc) is 2.44. The third-order valence-corrected chi connectivity index (χ3v) is 2.98. The van der Waals surface area contributed by atoms with E-state index in [1.807, 2.05) is 24.3 Å². The Labute approximate surface area is 124 Å². The van der Waals surface area contributed by atoms with Crippen molar-refractivity contribution in [2.45, 2.75) is 32.2 Å². The topological polar surface area (TPSA) is 75.6 Å². The summed E-state index contributed by atoms with van der Waals surface area (Å²) in [7, 11) is 0. The van der Waals surface area contributed by atoms with Gasteiger partial charge in [-0.05, 0) is 17.0 Å². The lowest BCUT2D eigenvalue weighted by Crippen LogP contribution is -2.42. The lowest BCUT2D eigenvalue weighted by molar-refractivity contribution is -0.139. The van der Waals surface area contributed by atoms with Crippen LogP contribution in [0.3, 0.4) is 0 Å². The van der Waals surface area contributed by atoms with Crippen molar-refractivity contribution in [2.24, 2.45) is 0 Å². The molecule has 114 valence electrons. The highest BCUT2D eigenvalue weighted by Crippen LogP contribution is 2.16. The molecule has 0 aliphatic rings. The van der Waals surface area contributed by atoms with Crippen LogP contribution in [-0.2, 0) is 16.0 Å². The maximum Gasteiger partial charge on any atom is 0.408 e. The molecule has 1 aromatic carbocycles. The normalized spacial score (nSPS) is 11.8. The molecule has 1 aromatic rings. The molecular weight excluding hydrogens is 270 g/mol. The van der Waals surface area contributed by atoms with Crippen LogP contribution in [0.2, 0.25) is 0 Å². The van der Waals surface area contributed by atoms with E-state index in [0.29, 0.717) is 5.92 Å². The molecule has 5 nitrogen and oxygen atoms in total. The Morgan fingerprint density at radius 1 is 1.43 bits per heavy atom. The Morgan fingerprint density at radius 3 is 2.71 bits per heavy atom. The van der Waals surface area contributed by atoms with E-state index < -0.39 is 18.1 Å². The van der Waals surface area contributed by atoms with Crippen LogP contribution < -0.4 is 5.32 Å². The first-order valence-electron chi connectivity index (χ1n) is 6.80. The Morgan fingerprint density at radius 2 is 2.14 bits per heavy atom. The summed E-state index contributed by atoms with van der Waals surface area (Å²) in [6, 6.07) is 6.66. The van der Waals surface area contributed by atoms with Crippen molar-refractivity contribution in [2.75, 3.05) is 6.61 Å². The van der Waals surface area contributed by atoms with Gasteiger partial charge in [0.15, 0.2) is 0 Å². The van der Waals surface area contributed by atoms with Gasteiger partial charge in [0.2, 0.25) is 0 Å². The van der Waals surface area contributed by atoms with Gasteiger partial charge in [-0.15, -0.1) is 0 Å². The summed E-state index contributed by atoms with van der Waals surface area (Å²) >= 11 is 0. The van der Waals surface area contributed by atoms with Gasteiger partial charge in [0.1, 0.15) is 12.6 Å². The van der Waals surface area contributed by atoms with E-state index in [4.69, 9.17) is 4.74 Å². The van der Waals surface area contributed by atoms with Crippen molar-refractivity contribution in [3.63, 3.8) is 0 Å². The van der Waals surface area contributed by atoms with Gasteiger partial charge in [0, 0.05) is 6.42 Å². The number of hydrogen-bond acceptors (Lipinski definition) is 3. The predicted molar refractivity (Wildman–Crippen MR) is 80.3 cm³/mol. The van der Waals surface area contributed by atoms with E-state index in [0.717, 1.165) is 11.1 Å². The highest BCUT2D eigenvalue weighted by Gasteiger charge is 2.21. The molecule has 0 aliphatic heterocycles. The van der Waals surface area contributed by atoms with Crippen LogP contribution in [-0.4, -0.2) is 29.8 Å².